The summed E-state index contributed by atoms with van der Waals surface area (Å²) in [6.45, 7) is 0. The van der Waals surface area contributed by atoms with E-state index in [1.165, 1.54) is 0 Å². The van der Waals surface area contributed by atoms with Crippen molar-refractivity contribution in [2.24, 2.45) is 0 Å². The number of carbonyl (C=O) groups is 1. The Labute approximate surface area is 130 Å². The summed E-state index contributed by atoms with van der Waals surface area (Å²) in [6, 6.07) is 16.1. The third-order valence-electron chi connectivity index (χ3n) is 4.18. The summed E-state index contributed by atoms with van der Waals surface area (Å²) < 4.78 is 0. The minimum Gasteiger partial charge on any atom is -0.349 e. The van der Waals surface area contributed by atoms with Crippen LogP contribution in [0.4, 0.5) is 0 Å². The van der Waals surface area contributed by atoms with Gasteiger partial charge in [-0.15, -0.1) is 0 Å². The number of nitriles is 1. The maximum absolute atomic E-state index is 12.3. The lowest BCUT2D eigenvalue weighted by atomic mass is 10.0. The second-order valence-electron chi connectivity index (χ2n) is 5.69. The molecule has 0 aromatic heterocycles. The molecule has 0 bridgehead atoms. The van der Waals surface area contributed by atoms with Crippen LogP contribution in [0.25, 0.3) is 16.8 Å². The molecule has 1 amide bonds. The fourth-order valence-electron chi connectivity index (χ4n) is 3.01. The summed E-state index contributed by atoms with van der Waals surface area (Å²) in [5.74, 6) is -0.262. The maximum atomic E-state index is 12.3. The fourth-order valence-corrected chi connectivity index (χ4v) is 3.01. The summed E-state index contributed by atoms with van der Waals surface area (Å²) in [4.78, 5) is 12.3. The predicted octanol–water partition coefficient (Wildman–Crippen LogP) is 3.81. The van der Waals surface area contributed by atoms with Crippen LogP contribution in [0.3, 0.4) is 0 Å². The zero-order valence-electron chi connectivity index (χ0n) is 12.4. The first-order valence-electron chi connectivity index (χ1n) is 7.68. The minimum absolute atomic E-state index is 0.170. The van der Waals surface area contributed by atoms with Gasteiger partial charge in [0.2, 0.25) is 0 Å². The molecule has 3 heteroatoms. The van der Waals surface area contributed by atoms with Gasteiger partial charge in [0, 0.05) is 6.04 Å². The monoisotopic (exact) mass is 290 g/mol. The van der Waals surface area contributed by atoms with Gasteiger partial charge in [-0.1, -0.05) is 55.3 Å². The zero-order chi connectivity index (χ0) is 15.4. The molecule has 2 aromatic carbocycles. The Morgan fingerprint density at radius 3 is 2.64 bits per heavy atom. The van der Waals surface area contributed by atoms with E-state index in [0.717, 1.165) is 42.0 Å². The van der Waals surface area contributed by atoms with Crippen LogP contribution >= 0.6 is 0 Å². The highest BCUT2D eigenvalue weighted by Gasteiger charge is 2.19. The smallest absolute Gasteiger partial charge is 0.262 e. The van der Waals surface area contributed by atoms with Crippen molar-refractivity contribution in [3.8, 4) is 6.07 Å². The molecule has 1 aliphatic rings. The van der Waals surface area contributed by atoms with E-state index in [1.807, 2.05) is 48.5 Å². The summed E-state index contributed by atoms with van der Waals surface area (Å²) >= 11 is 0. The number of amides is 1. The van der Waals surface area contributed by atoms with Gasteiger partial charge >= 0.3 is 0 Å². The summed E-state index contributed by atoms with van der Waals surface area (Å²) in [5, 5.41) is 14.4. The molecule has 3 nitrogen and oxygen atoms in total. The van der Waals surface area contributed by atoms with E-state index in [2.05, 4.69) is 5.32 Å². The molecule has 110 valence electrons. The van der Waals surface area contributed by atoms with Gasteiger partial charge in [0.1, 0.15) is 11.6 Å². The van der Waals surface area contributed by atoms with Crippen molar-refractivity contribution >= 4 is 22.8 Å². The Morgan fingerprint density at radius 2 is 1.86 bits per heavy atom. The van der Waals surface area contributed by atoms with Crippen LogP contribution in [0.2, 0.25) is 0 Å². The molecule has 1 fully saturated rings. The number of rotatable bonds is 3. The number of fused-ring (bicyclic) bond motifs is 1. The lowest BCUT2D eigenvalue weighted by molar-refractivity contribution is -0.117. The van der Waals surface area contributed by atoms with Crippen LogP contribution < -0.4 is 5.32 Å². The molecular formula is C19H18N2O. The van der Waals surface area contributed by atoms with Crippen LogP contribution in [-0.2, 0) is 4.79 Å². The number of hydrogen-bond acceptors (Lipinski definition) is 2. The average molecular weight is 290 g/mol. The molecule has 1 N–H and O–H groups in total. The number of benzene rings is 2. The molecule has 22 heavy (non-hydrogen) atoms. The molecule has 0 heterocycles. The molecule has 0 radical (unpaired) electrons. The highest BCUT2D eigenvalue weighted by atomic mass is 16.1. The maximum Gasteiger partial charge on any atom is 0.262 e. The Kier molecular flexibility index (Phi) is 4.20. The Bertz CT molecular complexity index is 759. The van der Waals surface area contributed by atoms with Crippen molar-refractivity contribution in [2.45, 2.75) is 31.7 Å². The van der Waals surface area contributed by atoms with Crippen LogP contribution in [0, 0.1) is 11.3 Å². The quantitative estimate of drug-likeness (QED) is 0.690. The summed E-state index contributed by atoms with van der Waals surface area (Å²) in [5.41, 5.74) is 1.07. The zero-order valence-corrected chi connectivity index (χ0v) is 12.4. The highest BCUT2D eigenvalue weighted by molar-refractivity contribution is 6.04. The molecule has 1 saturated carbocycles. The van der Waals surface area contributed by atoms with E-state index in [0.29, 0.717) is 0 Å². The number of hydrogen-bond donors (Lipinski definition) is 1. The van der Waals surface area contributed by atoms with Crippen LogP contribution in [0.5, 0.6) is 0 Å². The number of nitrogens with zero attached hydrogens (tertiary/aromatic N) is 1. The first-order valence-corrected chi connectivity index (χ1v) is 7.68. The van der Waals surface area contributed by atoms with E-state index >= 15 is 0 Å². The summed E-state index contributed by atoms with van der Waals surface area (Å²) in [7, 11) is 0. The van der Waals surface area contributed by atoms with E-state index in [1.54, 1.807) is 6.08 Å². The van der Waals surface area contributed by atoms with Crippen molar-refractivity contribution in [1.29, 1.82) is 5.26 Å². The van der Waals surface area contributed by atoms with Gasteiger partial charge in [-0.3, -0.25) is 4.79 Å². The van der Waals surface area contributed by atoms with Crippen molar-refractivity contribution in [1.82, 2.24) is 5.32 Å². The second kappa shape index (κ2) is 6.44. The van der Waals surface area contributed by atoms with Crippen LogP contribution in [0.1, 0.15) is 31.2 Å². The van der Waals surface area contributed by atoms with Gasteiger partial charge in [-0.05, 0) is 35.3 Å². The van der Waals surface area contributed by atoms with E-state index < -0.39 is 0 Å². The Hall–Kier alpha value is -2.60. The summed E-state index contributed by atoms with van der Waals surface area (Å²) in [6.07, 6.45) is 6.02. The molecule has 0 spiro atoms. The SMILES string of the molecule is N#C/C(=C\c1cccc2ccccc12)C(=O)NC1CCCC1. The largest absolute Gasteiger partial charge is 0.349 e. The van der Waals surface area contributed by atoms with Gasteiger partial charge in [0.25, 0.3) is 5.91 Å². The molecule has 2 aromatic rings. The number of nitrogens with one attached hydrogen (secondary N) is 1. The number of carbonyl (C=O) groups excluding carboxylic acids is 1. The van der Waals surface area contributed by atoms with E-state index in [-0.39, 0.29) is 17.5 Å². The predicted molar refractivity (Wildman–Crippen MR) is 87.9 cm³/mol. The van der Waals surface area contributed by atoms with Gasteiger partial charge < -0.3 is 5.32 Å². The Balaban J connectivity index is 1.90. The van der Waals surface area contributed by atoms with Gasteiger partial charge in [-0.25, -0.2) is 0 Å². The molecule has 0 saturated heterocycles. The average Bonchev–Trinajstić information content (AvgIpc) is 3.05. The van der Waals surface area contributed by atoms with Crippen LogP contribution in [-0.4, -0.2) is 11.9 Å². The van der Waals surface area contributed by atoms with Gasteiger partial charge in [0.15, 0.2) is 0 Å². The lowest BCUT2D eigenvalue weighted by Crippen LogP contribution is -2.33. The molecule has 0 atom stereocenters. The third-order valence-corrected chi connectivity index (χ3v) is 4.18. The second-order valence-corrected chi connectivity index (χ2v) is 5.69. The third kappa shape index (κ3) is 3.01. The molecule has 0 unspecified atom stereocenters. The Morgan fingerprint density at radius 1 is 1.14 bits per heavy atom. The topological polar surface area (TPSA) is 52.9 Å². The van der Waals surface area contributed by atoms with E-state index in [4.69, 9.17) is 0 Å². The first-order chi connectivity index (χ1) is 10.8. The molecular weight excluding hydrogens is 272 g/mol. The first kappa shape index (κ1) is 14.3. The van der Waals surface area contributed by atoms with E-state index in [9.17, 15) is 10.1 Å². The van der Waals surface area contributed by atoms with Crippen molar-refractivity contribution in [2.75, 3.05) is 0 Å². The fraction of sp³-hybridized carbons (Fsp3) is 0.263. The molecule has 3 rings (SSSR count). The normalized spacial score (nSPS) is 15.7. The van der Waals surface area contributed by atoms with Gasteiger partial charge in [0.05, 0.1) is 0 Å². The lowest BCUT2D eigenvalue weighted by Gasteiger charge is -2.11. The van der Waals surface area contributed by atoms with Gasteiger partial charge in [-0.2, -0.15) is 5.26 Å². The minimum atomic E-state index is -0.262. The standard InChI is InChI=1S/C19H18N2O/c20-13-16(19(22)21-17-9-2-3-10-17)12-15-8-5-7-14-6-1-4-11-18(14)15/h1,4-8,11-12,17H,2-3,9-10H2,(H,21,22)/b16-12+. The van der Waals surface area contributed by atoms with Crippen molar-refractivity contribution in [3.63, 3.8) is 0 Å². The van der Waals surface area contributed by atoms with Crippen molar-refractivity contribution in [3.05, 3.63) is 53.6 Å². The highest BCUT2D eigenvalue weighted by Crippen LogP contribution is 2.22. The molecule has 1 aliphatic carbocycles. The van der Waals surface area contributed by atoms with Crippen molar-refractivity contribution < 1.29 is 4.79 Å². The van der Waals surface area contributed by atoms with Crippen LogP contribution in [0.15, 0.2) is 48.0 Å². The molecule has 0 aliphatic heterocycles.